The lowest BCUT2D eigenvalue weighted by Crippen LogP contribution is -2.31. The van der Waals surface area contributed by atoms with Gasteiger partial charge in [0.2, 0.25) is 0 Å². The van der Waals surface area contributed by atoms with Crippen molar-refractivity contribution in [3.05, 3.63) is 23.8 Å². The van der Waals surface area contributed by atoms with Crippen molar-refractivity contribution in [2.24, 2.45) is 0 Å². The number of halogens is 1. The number of hydrogen-bond donors (Lipinski definition) is 0. The summed E-state index contributed by atoms with van der Waals surface area (Å²) in [6, 6.07) is 4.39. The first kappa shape index (κ1) is 17.8. The van der Waals surface area contributed by atoms with E-state index in [1.807, 2.05) is 20.8 Å². The van der Waals surface area contributed by atoms with Gasteiger partial charge in [0.1, 0.15) is 5.75 Å². The summed E-state index contributed by atoms with van der Waals surface area (Å²) in [4.78, 5) is 13.3. The molecule has 0 atom stereocenters. The van der Waals surface area contributed by atoms with E-state index in [0.717, 1.165) is 0 Å². The fourth-order valence-corrected chi connectivity index (χ4v) is 2.47. The Labute approximate surface area is 130 Å². The highest BCUT2D eigenvalue weighted by Gasteiger charge is 2.17. The van der Waals surface area contributed by atoms with Gasteiger partial charge in [-0.2, -0.15) is 0 Å². The molecule has 118 valence electrons. The molecule has 0 unspecified atom stereocenters. The number of carbonyl (C=O) groups excluding carboxylic acids is 1. The molecule has 0 bridgehead atoms. The van der Waals surface area contributed by atoms with Crippen LogP contribution in [0.2, 0.25) is 0 Å². The van der Waals surface area contributed by atoms with Crippen molar-refractivity contribution in [2.75, 3.05) is 20.2 Å². The van der Waals surface area contributed by atoms with E-state index >= 15 is 0 Å². The van der Waals surface area contributed by atoms with Gasteiger partial charge in [0.15, 0.2) is 6.61 Å². The van der Waals surface area contributed by atoms with Crippen LogP contribution in [0, 0.1) is 0 Å². The van der Waals surface area contributed by atoms with Crippen LogP contribution >= 0.6 is 10.7 Å². The van der Waals surface area contributed by atoms with E-state index in [0.29, 0.717) is 17.9 Å². The zero-order chi connectivity index (χ0) is 16.2. The average molecular weight is 334 g/mol. The molecule has 1 aromatic rings. The topological polar surface area (TPSA) is 63.7 Å². The van der Waals surface area contributed by atoms with Crippen LogP contribution in [0.1, 0.15) is 32.3 Å². The van der Waals surface area contributed by atoms with Crippen molar-refractivity contribution in [3.63, 3.8) is 0 Å². The predicted octanol–water partition coefficient (Wildman–Crippen LogP) is 2.59. The minimum absolute atomic E-state index is 0.0252. The monoisotopic (exact) mass is 333 g/mol. The summed E-state index contributed by atoms with van der Waals surface area (Å²) < 4.78 is 28.3. The minimum atomic E-state index is -3.78. The van der Waals surface area contributed by atoms with E-state index in [1.54, 1.807) is 11.9 Å². The Hall–Kier alpha value is -1.27. The molecule has 1 aromatic carbocycles. The molecule has 0 N–H and O–H groups in total. The lowest BCUT2D eigenvalue weighted by molar-refractivity contribution is -0.131. The molecule has 1 rings (SSSR count). The summed E-state index contributed by atoms with van der Waals surface area (Å²) in [5, 5.41) is 0. The van der Waals surface area contributed by atoms with Crippen LogP contribution in [0.15, 0.2) is 23.1 Å². The maximum Gasteiger partial charge on any atom is 0.261 e. The Morgan fingerprint density at radius 1 is 1.38 bits per heavy atom. The SMILES string of the molecule is CCN(C)C(=O)COc1ccc(S(=O)(=O)Cl)cc1C(C)C. The van der Waals surface area contributed by atoms with Crippen molar-refractivity contribution >= 4 is 25.6 Å². The second kappa shape index (κ2) is 7.13. The van der Waals surface area contributed by atoms with Crippen LogP contribution in [0.3, 0.4) is 0 Å². The molecule has 0 saturated heterocycles. The second-order valence-corrected chi connectivity index (χ2v) is 7.55. The van der Waals surface area contributed by atoms with Crippen LogP contribution in [0.5, 0.6) is 5.75 Å². The van der Waals surface area contributed by atoms with Crippen LogP contribution in [0.4, 0.5) is 0 Å². The van der Waals surface area contributed by atoms with Crippen molar-refractivity contribution < 1.29 is 17.9 Å². The van der Waals surface area contributed by atoms with Crippen molar-refractivity contribution in [1.82, 2.24) is 4.90 Å². The Kier molecular flexibility index (Phi) is 6.04. The Bertz CT molecular complexity index is 613. The molecule has 0 spiro atoms. The van der Waals surface area contributed by atoms with Crippen molar-refractivity contribution in [3.8, 4) is 5.75 Å². The third-order valence-electron chi connectivity index (χ3n) is 3.14. The fourth-order valence-electron chi connectivity index (χ4n) is 1.69. The normalized spacial score (nSPS) is 11.5. The van der Waals surface area contributed by atoms with Gasteiger partial charge in [0.25, 0.3) is 15.0 Å². The van der Waals surface area contributed by atoms with Crippen LogP contribution in [-0.2, 0) is 13.8 Å². The summed E-state index contributed by atoms with van der Waals surface area (Å²) in [6.07, 6.45) is 0. The van der Waals surface area contributed by atoms with Crippen LogP contribution in [0.25, 0.3) is 0 Å². The van der Waals surface area contributed by atoms with E-state index < -0.39 is 9.05 Å². The van der Waals surface area contributed by atoms with Crippen LogP contribution < -0.4 is 4.74 Å². The lowest BCUT2D eigenvalue weighted by Gasteiger charge is -2.18. The van der Waals surface area contributed by atoms with Gasteiger partial charge in [-0.3, -0.25) is 4.79 Å². The van der Waals surface area contributed by atoms with E-state index in [2.05, 4.69) is 0 Å². The van der Waals surface area contributed by atoms with Gasteiger partial charge in [-0.05, 0) is 36.6 Å². The quantitative estimate of drug-likeness (QED) is 0.751. The molecule has 0 aliphatic carbocycles. The number of amides is 1. The minimum Gasteiger partial charge on any atom is -0.483 e. The number of benzene rings is 1. The molecule has 7 heteroatoms. The summed E-state index contributed by atoms with van der Waals surface area (Å²) >= 11 is 0. The highest BCUT2D eigenvalue weighted by Crippen LogP contribution is 2.30. The predicted molar refractivity (Wildman–Crippen MR) is 82.4 cm³/mol. The highest BCUT2D eigenvalue weighted by atomic mass is 35.7. The Morgan fingerprint density at radius 2 is 2.00 bits per heavy atom. The first-order valence-electron chi connectivity index (χ1n) is 6.62. The highest BCUT2D eigenvalue weighted by molar-refractivity contribution is 8.13. The smallest absolute Gasteiger partial charge is 0.261 e. The first-order valence-corrected chi connectivity index (χ1v) is 8.93. The third-order valence-corrected chi connectivity index (χ3v) is 4.49. The molecule has 1 amide bonds. The number of hydrogen-bond acceptors (Lipinski definition) is 4. The molecule has 0 fully saturated rings. The largest absolute Gasteiger partial charge is 0.483 e. The molecule has 0 radical (unpaired) electrons. The molecular formula is C14H20ClNO4S. The number of ether oxygens (including phenoxy) is 1. The van der Waals surface area contributed by atoms with Gasteiger partial charge in [0, 0.05) is 24.3 Å². The zero-order valence-corrected chi connectivity index (χ0v) is 14.2. The van der Waals surface area contributed by atoms with E-state index in [1.165, 1.54) is 18.2 Å². The van der Waals surface area contributed by atoms with Crippen molar-refractivity contribution in [2.45, 2.75) is 31.6 Å². The third kappa shape index (κ3) is 4.89. The standard InChI is InChI=1S/C14H20ClNO4S/c1-5-16(4)14(17)9-20-13-7-6-11(21(15,18)19)8-12(13)10(2)3/h6-8,10H,5,9H2,1-4H3. The van der Waals surface area contributed by atoms with Gasteiger partial charge in [-0.15, -0.1) is 0 Å². The van der Waals surface area contributed by atoms with Gasteiger partial charge in [-0.25, -0.2) is 8.42 Å². The lowest BCUT2D eigenvalue weighted by atomic mass is 10.0. The van der Waals surface area contributed by atoms with Gasteiger partial charge >= 0.3 is 0 Å². The summed E-state index contributed by atoms with van der Waals surface area (Å²) in [7, 11) is 3.26. The first-order chi connectivity index (χ1) is 9.66. The number of carbonyl (C=O) groups is 1. The molecular weight excluding hydrogens is 314 g/mol. The van der Waals surface area contributed by atoms with E-state index in [9.17, 15) is 13.2 Å². The molecule has 0 aliphatic rings. The second-order valence-electron chi connectivity index (χ2n) is 4.99. The maximum absolute atomic E-state index is 11.7. The number of rotatable bonds is 6. The Balaban J connectivity index is 3.00. The zero-order valence-electron chi connectivity index (χ0n) is 12.6. The maximum atomic E-state index is 11.7. The van der Waals surface area contributed by atoms with Gasteiger partial charge < -0.3 is 9.64 Å². The van der Waals surface area contributed by atoms with E-state index in [-0.39, 0.29) is 23.3 Å². The molecule has 0 heterocycles. The number of likely N-dealkylation sites (N-methyl/N-ethyl adjacent to an activating group) is 1. The molecule has 0 aromatic heterocycles. The van der Waals surface area contributed by atoms with Gasteiger partial charge in [0.05, 0.1) is 4.90 Å². The summed E-state index contributed by atoms with van der Waals surface area (Å²) in [5.41, 5.74) is 0.698. The molecule has 0 saturated carbocycles. The molecule has 21 heavy (non-hydrogen) atoms. The fraction of sp³-hybridized carbons (Fsp3) is 0.500. The molecule has 0 aliphatic heterocycles. The number of nitrogens with zero attached hydrogens (tertiary/aromatic N) is 1. The average Bonchev–Trinajstić information content (AvgIpc) is 2.42. The van der Waals surface area contributed by atoms with E-state index in [4.69, 9.17) is 15.4 Å². The summed E-state index contributed by atoms with van der Waals surface area (Å²) in [5.74, 6) is 0.394. The Morgan fingerprint density at radius 3 is 2.48 bits per heavy atom. The molecule has 5 nitrogen and oxygen atoms in total. The van der Waals surface area contributed by atoms with Crippen molar-refractivity contribution in [1.29, 1.82) is 0 Å². The van der Waals surface area contributed by atoms with Crippen LogP contribution in [-0.4, -0.2) is 39.4 Å². The summed E-state index contributed by atoms with van der Waals surface area (Å²) in [6.45, 7) is 6.21. The van der Waals surface area contributed by atoms with Gasteiger partial charge in [-0.1, -0.05) is 13.8 Å².